The molecule has 0 radical (unpaired) electrons. The summed E-state index contributed by atoms with van der Waals surface area (Å²) < 4.78 is 1.01. The Bertz CT molecular complexity index is 464. The van der Waals surface area contributed by atoms with Crippen LogP contribution in [0.15, 0.2) is 22.7 Å². The molecule has 0 bridgehead atoms. The zero-order valence-corrected chi connectivity index (χ0v) is 12.7. The van der Waals surface area contributed by atoms with Gasteiger partial charge in [0.15, 0.2) is 0 Å². The van der Waals surface area contributed by atoms with Crippen molar-refractivity contribution in [2.45, 2.75) is 31.8 Å². The van der Waals surface area contributed by atoms with Crippen molar-refractivity contribution in [1.82, 2.24) is 5.32 Å². The number of hydrogen-bond acceptors (Lipinski definition) is 3. The molecule has 0 aromatic heterocycles. The number of rotatable bonds is 3. The predicted molar refractivity (Wildman–Crippen MR) is 81.1 cm³/mol. The molecule has 1 aliphatic heterocycles. The average Bonchev–Trinajstić information content (AvgIpc) is 2.46. The molecule has 1 fully saturated rings. The van der Waals surface area contributed by atoms with E-state index in [1.807, 2.05) is 12.1 Å². The number of carbonyl (C=O) groups excluding carboxylic acids is 1. The zero-order chi connectivity index (χ0) is 13.8. The highest BCUT2D eigenvalue weighted by atomic mass is 79.9. The summed E-state index contributed by atoms with van der Waals surface area (Å²) in [7, 11) is 1.69. The van der Waals surface area contributed by atoms with Crippen LogP contribution in [0.25, 0.3) is 0 Å². The van der Waals surface area contributed by atoms with Crippen LogP contribution in [0.4, 0.5) is 5.69 Å². The van der Waals surface area contributed by atoms with E-state index in [4.69, 9.17) is 5.73 Å². The van der Waals surface area contributed by atoms with Crippen molar-refractivity contribution in [3.63, 3.8) is 0 Å². The van der Waals surface area contributed by atoms with Crippen LogP contribution >= 0.6 is 15.9 Å². The summed E-state index contributed by atoms with van der Waals surface area (Å²) >= 11 is 3.50. The molecular formula is C14H20BrN3O. The van der Waals surface area contributed by atoms with Gasteiger partial charge in [-0.15, -0.1) is 0 Å². The molecule has 0 aliphatic carbocycles. The molecule has 0 spiro atoms. The summed E-state index contributed by atoms with van der Waals surface area (Å²) in [5.74, 6) is 0.0858. The maximum atomic E-state index is 12.0. The number of nitrogens with zero attached hydrogens (tertiary/aromatic N) is 1. The molecule has 2 rings (SSSR count). The van der Waals surface area contributed by atoms with Gasteiger partial charge < -0.3 is 16.0 Å². The number of amides is 1. The SMILES string of the molecule is CNC(=O)C1CCCCN1c1cc(Br)ccc1CN. The lowest BCUT2D eigenvalue weighted by atomic mass is 9.99. The maximum Gasteiger partial charge on any atom is 0.242 e. The molecule has 3 N–H and O–H groups in total. The molecule has 1 aromatic carbocycles. The second kappa shape index (κ2) is 6.39. The maximum absolute atomic E-state index is 12.0. The molecule has 104 valence electrons. The highest BCUT2D eigenvalue weighted by Gasteiger charge is 2.29. The molecule has 4 nitrogen and oxygen atoms in total. The van der Waals surface area contributed by atoms with Gasteiger partial charge in [0.05, 0.1) is 0 Å². The van der Waals surface area contributed by atoms with E-state index < -0.39 is 0 Å². The Kier molecular flexibility index (Phi) is 4.82. The number of carbonyl (C=O) groups is 1. The highest BCUT2D eigenvalue weighted by Crippen LogP contribution is 2.30. The van der Waals surface area contributed by atoms with Crippen molar-refractivity contribution in [1.29, 1.82) is 0 Å². The van der Waals surface area contributed by atoms with Gasteiger partial charge in [-0.3, -0.25) is 4.79 Å². The van der Waals surface area contributed by atoms with Gasteiger partial charge in [-0.1, -0.05) is 22.0 Å². The summed E-state index contributed by atoms with van der Waals surface area (Å²) in [4.78, 5) is 14.2. The summed E-state index contributed by atoms with van der Waals surface area (Å²) in [5.41, 5.74) is 7.98. The Balaban J connectivity index is 2.36. The zero-order valence-electron chi connectivity index (χ0n) is 11.2. The summed E-state index contributed by atoms with van der Waals surface area (Å²) in [5, 5.41) is 2.76. The lowest BCUT2D eigenvalue weighted by molar-refractivity contribution is -0.122. The minimum Gasteiger partial charge on any atom is -0.359 e. The number of anilines is 1. The summed E-state index contributed by atoms with van der Waals surface area (Å²) in [6, 6.07) is 5.99. The standard InChI is InChI=1S/C14H20BrN3O/c1-17-14(19)12-4-2-3-7-18(12)13-8-11(15)6-5-10(13)9-16/h5-6,8,12H,2-4,7,9,16H2,1H3,(H,17,19). The lowest BCUT2D eigenvalue weighted by Crippen LogP contribution is -2.49. The van der Waals surface area contributed by atoms with E-state index in [0.29, 0.717) is 6.54 Å². The summed E-state index contributed by atoms with van der Waals surface area (Å²) in [6.07, 6.45) is 3.11. The first-order chi connectivity index (χ1) is 9.17. The number of nitrogens with one attached hydrogen (secondary N) is 1. The van der Waals surface area contributed by atoms with E-state index in [1.165, 1.54) is 0 Å². The molecule has 1 aromatic rings. The van der Waals surface area contributed by atoms with E-state index in [2.05, 4.69) is 32.2 Å². The number of halogens is 1. The molecule has 5 heteroatoms. The topological polar surface area (TPSA) is 58.4 Å². The minimum absolute atomic E-state index is 0.0849. The monoisotopic (exact) mass is 325 g/mol. The fraction of sp³-hybridized carbons (Fsp3) is 0.500. The predicted octanol–water partition coefficient (Wildman–Crippen LogP) is 2.01. The van der Waals surface area contributed by atoms with Gasteiger partial charge in [0.2, 0.25) is 5.91 Å². The normalized spacial score (nSPS) is 19.3. The number of nitrogens with two attached hydrogens (primary N) is 1. The fourth-order valence-corrected chi connectivity index (χ4v) is 2.99. The van der Waals surface area contributed by atoms with Crippen molar-refractivity contribution in [3.8, 4) is 0 Å². The Labute approximate surface area is 122 Å². The van der Waals surface area contributed by atoms with Crippen molar-refractivity contribution >= 4 is 27.5 Å². The van der Waals surface area contributed by atoms with Crippen LogP contribution in [0.1, 0.15) is 24.8 Å². The van der Waals surface area contributed by atoms with E-state index in [-0.39, 0.29) is 11.9 Å². The molecule has 1 unspecified atom stereocenters. The average molecular weight is 326 g/mol. The Hall–Kier alpha value is -1.07. The molecular weight excluding hydrogens is 306 g/mol. The third kappa shape index (κ3) is 3.09. The van der Waals surface area contributed by atoms with Crippen LogP contribution in [-0.2, 0) is 11.3 Å². The largest absolute Gasteiger partial charge is 0.359 e. The first-order valence-electron chi connectivity index (χ1n) is 6.64. The van der Waals surface area contributed by atoms with Crippen LogP contribution in [0.2, 0.25) is 0 Å². The molecule has 0 saturated carbocycles. The third-order valence-electron chi connectivity index (χ3n) is 3.63. The van der Waals surface area contributed by atoms with Crippen LogP contribution < -0.4 is 16.0 Å². The molecule has 1 saturated heterocycles. The second-order valence-electron chi connectivity index (χ2n) is 4.80. The van der Waals surface area contributed by atoms with Gasteiger partial charge in [0.25, 0.3) is 0 Å². The van der Waals surface area contributed by atoms with Gasteiger partial charge in [0, 0.05) is 30.3 Å². The number of hydrogen-bond donors (Lipinski definition) is 2. The van der Waals surface area contributed by atoms with Crippen molar-refractivity contribution in [3.05, 3.63) is 28.2 Å². The number of benzene rings is 1. The van der Waals surface area contributed by atoms with Gasteiger partial charge in [-0.2, -0.15) is 0 Å². The van der Waals surface area contributed by atoms with E-state index >= 15 is 0 Å². The number of piperidine rings is 1. The first kappa shape index (κ1) is 14.3. The number of likely N-dealkylation sites (N-methyl/N-ethyl adjacent to an activating group) is 1. The highest BCUT2D eigenvalue weighted by molar-refractivity contribution is 9.10. The van der Waals surface area contributed by atoms with Gasteiger partial charge in [-0.25, -0.2) is 0 Å². The van der Waals surface area contributed by atoms with Gasteiger partial charge in [0.1, 0.15) is 6.04 Å². The van der Waals surface area contributed by atoms with Crippen LogP contribution in [0, 0.1) is 0 Å². The van der Waals surface area contributed by atoms with Crippen molar-refractivity contribution in [2.75, 3.05) is 18.5 Å². The van der Waals surface area contributed by atoms with Gasteiger partial charge in [-0.05, 0) is 37.0 Å². The van der Waals surface area contributed by atoms with Crippen molar-refractivity contribution in [2.24, 2.45) is 5.73 Å². The second-order valence-corrected chi connectivity index (χ2v) is 5.71. The van der Waals surface area contributed by atoms with Crippen molar-refractivity contribution < 1.29 is 4.79 Å². The van der Waals surface area contributed by atoms with Crippen LogP contribution in [0.3, 0.4) is 0 Å². The molecule has 1 aliphatic rings. The Morgan fingerprint density at radius 3 is 3.00 bits per heavy atom. The first-order valence-corrected chi connectivity index (χ1v) is 7.43. The lowest BCUT2D eigenvalue weighted by Gasteiger charge is -2.37. The molecule has 1 heterocycles. The quantitative estimate of drug-likeness (QED) is 0.893. The summed E-state index contributed by atoms with van der Waals surface area (Å²) in [6.45, 7) is 1.39. The Morgan fingerprint density at radius 1 is 1.53 bits per heavy atom. The molecule has 19 heavy (non-hydrogen) atoms. The fourth-order valence-electron chi connectivity index (χ4n) is 2.64. The molecule has 1 atom stereocenters. The van der Waals surface area contributed by atoms with E-state index in [1.54, 1.807) is 7.05 Å². The van der Waals surface area contributed by atoms with E-state index in [0.717, 1.165) is 41.5 Å². The van der Waals surface area contributed by atoms with Crippen LogP contribution in [0.5, 0.6) is 0 Å². The van der Waals surface area contributed by atoms with E-state index in [9.17, 15) is 4.79 Å². The van der Waals surface area contributed by atoms with Crippen LogP contribution in [-0.4, -0.2) is 25.5 Å². The minimum atomic E-state index is -0.0849. The third-order valence-corrected chi connectivity index (χ3v) is 4.12. The Morgan fingerprint density at radius 2 is 2.32 bits per heavy atom. The smallest absolute Gasteiger partial charge is 0.242 e. The van der Waals surface area contributed by atoms with Gasteiger partial charge >= 0.3 is 0 Å². The molecule has 1 amide bonds.